The molecule has 0 aliphatic rings. The number of rotatable bonds is 9. The minimum absolute atomic E-state index is 0.0241. The molecule has 0 atom stereocenters. The highest BCUT2D eigenvalue weighted by atomic mass is 16.2. The van der Waals surface area contributed by atoms with Crippen molar-refractivity contribution in [2.24, 2.45) is 10.4 Å². The van der Waals surface area contributed by atoms with Gasteiger partial charge in [0.2, 0.25) is 11.8 Å². The third-order valence-electron chi connectivity index (χ3n) is 3.44. The molecule has 0 saturated carbocycles. The second-order valence-electron chi connectivity index (χ2n) is 6.51. The zero-order valence-corrected chi connectivity index (χ0v) is 16.2. The van der Waals surface area contributed by atoms with Crippen molar-refractivity contribution in [1.82, 2.24) is 20.9 Å². The molecule has 0 radical (unpaired) electrons. The lowest BCUT2D eigenvalue weighted by atomic mass is 9.96. The summed E-state index contributed by atoms with van der Waals surface area (Å²) in [7, 11) is 0. The van der Waals surface area contributed by atoms with Gasteiger partial charge < -0.3 is 20.9 Å². The molecule has 0 saturated heterocycles. The van der Waals surface area contributed by atoms with Gasteiger partial charge in [0.05, 0.1) is 6.54 Å². The van der Waals surface area contributed by atoms with Crippen LogP contribution in [0.1, 0.15) is 48.0 Å². The van der Waals surface area contributed by atoms with Gasteiger partial charge in [-0.05, 0) is 20.8 Å². The number of hydrogen-bond donors (Lipinski definition) is 3. The molecule has 0 aliphatic heterocycles. The van der Waals surface area contributed by atoms with Crippen molar-refractivity contribution >= 4 is 17.8 Å². The summed E-state index contributed by atoms with van der Waals surface area (Å²) in [6.07, 6.45) is 0.402. The van der Waals surface area contributed by atoms with E-state index in [4.69, 9.17) is 0 Å². The van der Waals surface area contributed by atoms with E-state index < -0.39 is 0 Å². The number of nitrogens with zero attached hydrogens (tertiary/aromatic N) is 2. The second-order valence-corrected chi connectivity index (χ2v) is 6.51. The quantitative estimate of drug-likeness (QED) is 0.331. The van der Waals surface area contributed by atoms with Gasteiger partial charge in [0, 0.05) is 44.6 Å². The van der Waals surface area contributed by atoms with E-state index >= 15 is 0 Å². The van der Waals surface area contributed by atoms with Gasteiger partial charge in [-0.1, -0.05) is 20.8 Å². The lowest BCUT2D eigenvalue weighted by Gasteiger charge is -2.19. The molecule has 0 aromatic heterocycles. The van der Waals surface area contributed by atoms with E-state index in [-0.39, 0.29) is 17.2 Å². The molecule has 2 amide bonds. The van der Waals surface area contributed by atoms with Crippen LogP contribution in [0.4, 0.5) is 0 Å². The minimum atomic E-state index is -0.386. The molecule has 0 aromatic carbocycles. The van der Waals surface area contributed by atoms with E-state index in [1.54, 1.807) is 4.90 Å². The van der Waals surface area contributed by atoms with Crippen LogP contribution in [-0.2, 0) is 9.59 Å². The number of hydrogen-bond acceptors (Lipinski definition) is 3. The minimum Gasteiger partial charge on any atom is -0.357 e. The Morgan fingerprint density at radius 3 is 2.04 bits per heavy atom. The Kier molecular flexibility index (Phi) is 10.8. The zero-order chi connectivity index (χ0) is 18.6. The Hall–Kier alpha value is -1.79. The van der Waals surface area contributed by atoms with Gasteiger partial charge in [0.1, 0.15) is 0 Å². The monoisotopic (exact) mass is 341 g/mol. The third kappa shape index (κ3) is 9.37. The maximum absolute atomic E-state index is 11.9. The molecule has 24 heavy (non-hydrogen) atoms. The molecular formula is C17H35N5O2. The van der Waals surface area contributed by atoms with E-state index in [2.05, 4.69) is 20.9 Å². The molecule has 3 N–H and O–H groups in total. The van der Waals surface area contributed by atoms with Crippen LogP contribution in [0, 0.1) is 5.41 Å². The van der Waals surface area contributed by atoms with Crippen LogP contribution in [0.5, 0.6) is 0 Å². The Labute approximate surface area is 146 Å². The van der Waals surface area contributed by atoms with Gasteiger partial charge >= 0.3 is 0 Å². The average Bonchev–Trinajstić information content (AvgIpc) is 2.51. The normalized spacial score (nSPS) is 11.8. The number of carbonyl (C=O) groups excluding carboxylic acids is 2. The van der Waals surface area contributed by atoms with Crippen molar-refractivity contribution in [2.45, 2.75) is 48.0 Å². The number of carbonyl (C=O) groups is 2. The fourth-order valence-corrected chi connectivity index (χ4v) is 1.96. The highest BCUT2D eigenvalue weighted by Gasteiger charge is 2.20. The van der Waals surface area contributed by atoms with Crippen molar-refractivity contribution < 1.29 is 9.59 Å². The Morgan fingerprint density at radius 2 is 1.54 bits per heavy atom. The van der Waals surface area contributed by atoms with Crippen LogP contribution in [0.15, 0.2) is 4.99 Å². The smallest absolute Gasteiger partial charge is 0.225 e. The molecule has 0 spiro atoms. The molecule has 140 valence electrons. The topological polar surface area (TPSA) is 85.8 Å². The van der Waals surface area contributed by atoms with Gasteiger partial charge in [-0.15, -0.1) is 0 Å². The first-order valence-electron chi connectivity index (χ1n) is 8.84. The van der Waals surface area contributed by atoms with Gasteiger partial charge in [0.15, 0.2) is 5.96 Å². The zero-order valence-electron chi connectivity index (χ0n) is 16.2. The summed E-state index contributed by atoms with van der Waals surface area (Å²) in [4.78, 5) is 29.9. The molecule has 7 heteroatoms. The first-order valence-corrected chi connectivity index (χ1v) is 8.84. The fraction of sp³-hybridized carbons (Fsp3) is 0.824. The molecule has 0 heterocycles. The summed E-state index contributed by atoms with van der Waals surface area (Å²) in [5, 5.41) is 9.17. The fourth-order valence-electron chi connectivity index (χ4n) is 1.96. The number of guanidine groups is 1. The predicted molar refractivity (Wildman–Crippen MR) is 99.0 cm³/mol. The number of nitrogens with one attached hydrogen (secondary N) is 3. The van der Waals surface area contributed by atoms with Crippen LogP contribution < -0.4 is 16.0 Å². The summed E-state index contributed by atoms with van der Waals surface area (Å²) in [6, 6.07) is 0. The van der Waals surface area contributed by atoms with Gasteiger partial charge in [-0.3, -0.25) is 14.6 Å². The average molecular weight is 342 g/mol. The van der Waals surface area contributed by atoms with Crippen LogP contribution in [-0.4, -0.2) is 61.9 Å². The molecular weight excluding hydrogens is 306 g/mol. The maximum Gasteiger partial charge on any atom is 0.225 e. The summed E-state index contributed by atoms with van der Waals surface area (Å²) in [6.45, 7) is 15.3. The Morgan fingerprint density at radius 1 is 0.958 bits per heavy atom. The lowest BCUT2D eigenvalue weighted by molar-refractivity contribution is -0.130. The Bertz CT molecular complexity index is 412. The highest BCUT2D eigenvalue weighted by Crippen LogP contribution is 2.11. The Balaban J connectivity index is 4.24. The largest absolute Gasteiger partial charge is 0.357 e. The van der Waals surface area contributed by atoms with Crippen LogP contribution in [0.25, 0.3) is 0 Å². The van der Waals surface area contributed by atoms with Crippen LogP contribution in [0.2, 0.25) is 0 Å². The van der Waals surface area contributed by atoms with E-state index in [9.17, 15) is 9.59 Å². The van der Waals surface area contributed by atoms with Crippen molar-refractivity contribution in [1.29, 1.82) is 0 Å². The summed E-state index contributed by atoms with van der Waals surface area (Å²) in [5.41, 5.74) is -0.386. The highest BCUT2D eigenvalue weighted by molar-refractivity contribution is 5.82. The molecule has 0 unspecified atom stereocenters. The van der Waals surface area contributed by atoms with E-state index in [1.807, 2.05) is 41.5 Å². The van der Waals surface area contributed by atoms with Crippen molar-refractivity contribution in [2.75, 3.05) is 39.3 Å². The van der Waals surface area contributed by atoms with Gasteiger partial charge in [-0.25, -0.2) is 0 Å². The number of aliphatic imine (C=N–C) groups is 1. The first-order chi connectivity index (χ1) is 11.3. The second kappa shape index (κ2) is 11.7. The summed E-state index contributed by atoms with van der Waals surface area (Å²) < 4.78 is 0. The first kappa shape index (κ1) is 22.2. The van der Waals surface area contributed by atoms with Crippen molar-refractivity contribution in [3.05, 3.63) is 0 Å². The molecule has 0 aromatic rings. The maximum atomic E-state index is 11.9. The molecule has 0 rings (SSSR count). The SMILES string of the molecule is CCNC(=NCCC(=O)N(CC)CC)NCCNC(=O)C(C)(C)C. The predicted octanol–water partition coefficient (Wildman–Crippen LogP) is 0.962. The van der Waals surface area contributed by atoms with Crippen molar-refractivity contribution in [3.8, 4) is 0 Å². The van der Waals surface area contributed by atoms with E-state index in [1.165, 1.54) is 0 Å². The molecule has 0 fully saturated rings. The summed E-state index contributed by atoms with van der Waals surface area (Å²) >= 11 is 0. The van der Waals surface area contributed by atoms with Crippen LogP contribution >= 0.6 is 0 Å². The number of amides is 2. The van der Waals surface area contributed by atoms with Gasteiger partial charge in [0.25, 0.3) is 0 Å². The standard InChI is InChI=1S/C17H35N5O2/c1-7-18-16(20-11-10-14(23)22(8-2)9-3)21-13-12-19-15(24)17(4,5)6/h7-13H2,1-6H3,(H,19,24)(H2,18,20,21). The van der Waals surface area contributed by atoms with Crippen LogP contribution in [0.3, 0.4) is 0 Å². The van der Waals surface area contributed by atoms with Crippen molar-refractivity contribution in [3.63, 3.8) is 0 Å². The molecule has 0 bridgehead atoms. The lowest BCUT2D eigenvalue weighted by Crippen LogP contribution is -2.43. The van der Waals surface area contributed by atoms with Gasteiger partial charge in [-0.2, -0.15) is 0 Å². The molecule has 7 nitrogen and oxygen atoms in total. The van der Waals surface area contributed by atoms with E-state index in [0.29, 0.717) is 32.0 Å². The molecule has 0 aliphatic carbocycles. The third-order valence-corrected chi connectivity index (χ3v) is 3.44. The summed E-state index contributed by atoms with van der Waals surface area (Å²) in [5.74, 6) is 0.808. The van der Waals surface area contributed by atoms with E-state index in [0.717, 1.165) is 19.6 Å².